The maximum Gasteiger partial charge on any atom is 0.153 e. The second kappa shape index (κ2) is 5.12. The first kappa shape index (κ1) is 12.0. The van der Waals surface area contributed by atoms with E-state index in [0.29, 0.717) is 6.42 Å². The summed E-state index contributed by atoms with van der Waals surface area (Å²) in [5, 5.41) is -0.377. The standard InChI is InChI=1S/C12H16O2S/c1-3-12(15(2,13)14)10-9-11-7-5-4-6-8-11/h4-10,12H,3H2,1-2H3/b10-9+/t12-/m0/s1. The van der Waals surface area contributed by atoms with Crippen molar-refractivity contribution in [3.8, 4) is 0 Å². The Kier molecular flexibility index (Phi) is 4.09. The first-order chi connectivity index (χ1) is 7.04. The number of hydrogen-bond acceptors (Lipinski definition) is 2. The van der Waals surface area contributed by atoms with Crippen LogP contribution in [0.4, 0.5) is 0 Å². The lowest BCUT2D eigenvalue weighted by molar-refractivity contribution is 0.592. The predicted molar refractivity (Wildman–Crippen MR) is 64.4 cm³/mol. The molecule has 0 saturated heterocycles. The van der Waals surface area contributed by atoms with E-state index in [1.165, 1.54) is 6.26 Å². The van der Waals surface area contributed by atoms with Crippen molar-refractivity contribution in [2.45, 2.75) is 18.6 Å². The average Bonchev–Trinajstić information content (AvgIpc) is 2.18. The Labute approximate surface area is 91.6 Å². The van der Waals surface area contributed by atoms with Crippen LogP contribution in [0.3, 0.4) is 0 Å². The average molecular weight is 224 g/mol. The predicted octanol–water partition coefficient (Wildman–Crippen LogP) is 2.52. The Morgan fingerprint density at radius 2 is 1.87 bits per heavy atom. The summed E-state index contributed by atoms with van der Waals surface area (Å²) in [5.74, 6) is 0. The fourth-order valence-corrected chi connectivity index (χ4v) is 2.33. The van der Waals surface area contributed by atoms with Crippen LogP contribution in [0.2, 0.25) is 0 Å². The third-order valence-electron chi connectivity index (χ3n) is 2.26. The molecule has 0 amide bonds. The SMILES string of the molecule is CC[C@@H](/C=C/c1ccccc1)S(C)(=O)=O. The second-order valence-corrected chi connectivity index (χ2v) is 5.81. The molecular formula is C12H16O2S. The lowest BCUT2D eigenvalue weighted by Gasteiger charge is -2.06. The van der Waals surface area contributed by atoms with Crippen LogP contribution in [0, 0.1) is 0 Å². The van der Waals surface area contributed by atoms with Crippen LogP contribution in [-0.2, 0) is 9.84 Å². The summed E-state index contributed by atoms with van der Waals surface area (Å²) in [6.07, 6.45) is 5.50. The van der Waals surface area contributed by atoms with Crippen molar-refractivity contribution in [2.24, 2.45) is 0 Å². The monoisotopic (exact) mass is 224 g/mol. The second-order valence-electron chi connectivity index (χ2n) is 3.55. The quantitative estimate of drug-likeness (QED) is 0.787. The highest BCUT2D eigenvalue weighted by Crippen LogP contribution is 2.09. The van der Waals surface area contributed by atoms with Crippen molar-refractivity contribution in [1.82, 2.24) is 0 Å². The van der Waals surface area contributed by atoms with Crippen LogP contribution in [0.1, 0.15) is 18.9 Å². The molecule has 3 heteroatoms. The molecule has 1 aromatic rings. The summed E-state index contributed by atoms with van der Waals surface area (Å²) in [7, 11) is -2.97. The van der Waals surface area contributed by atoms with E-state index in [4.69, 9.17) is 0 Å². The highest BCUT2D eigenvalue weighted by Gasteiger charge is 2.14. The minimum Gasteiger partial charge on any atom is -0.229 e. The third kappa shape index (κ3) is 3.88. The summed E-state index contributed by atoms with van der Waals surface area (Å²) >= 11 is 0. The molecule has 0 saturated carbocycles. The maximum atomic E-state index is 11.3. The third-order valence-corrected chi connectivity index (χ3v) is 3.85. The molecule has 1 atom stereocenters. The Bertz CT molecular complexity index is 418. The van der Waals surface area contributed by atoms with E-state index >= 15 is 0 Å². The highest BCUT2D eigenvalue weighted by atomic mass is 32.2. The molecule has 0 aliphatic rings. The molecule has 0 fully saturated rings. The minimum atomic E-state index is -2.97. The van der Waals surface area contributed by atoms with Gasteiger partial charge in [0.15, 0.2) is 9.84 Å². The van der Waals surface area contributed by atoms with Gasteiger partial charge in [0.2, 0.25) is 0 Å². The topological polar surface area (TPSA) is 34.1 Å². The van der Waals surface area contributed by atoms with E-state index in [1.54, 1.807) is 6.08 Å². The van der Waals surface area contributed by atoms with Gasteiger partial charge in [0.1, 0.15) is 0 Å². The number of sulfone groups is 1. The van der Waals surface area contributed by atoms with E-state index in [-0.39, 0.29) is 5.25 Å². The Morgan fingerprint density at radius 3 is 2.33 bits per heavy atom. The van der Waals surface area contributed by atoms with Crippen LogP contribution in [-0.4, -0.2) is 19.9 Å². The van der Waals surface area contributed by atoms with Crippen LogP contribution >= 0.6 is 0 Å². The van der Waals surface area contributed by atoms with Crippen molar-refractivity contribution in [1.29, 1.82) is 0 Å². The molecule has 1 aromatic carbocycles. The summed E-state index contributed by atoms with van der Waals surface area (Å²) in [5.41, 5.74) is 1.03. The highest BCUT2D eigenvalue weighted by molar-refractivity contribution is 7.91. The van der Waals surface area contributed by atoms with Crippen molar-refractivity contribution < 1.29 is 8.42 Å². The molecule has 0 unspecified atom stereocenters. The van der Waals surface area contributed by atoms with E-state index in [9.17, 15) is 8.42 Å². The van der Waals surface area contributed by atoms with Crippen molar-refractivity contribution in [2.75, 3.05) is 6.26 Å². The molecule has 2 nitrogen and oxygen atoms in total. The van der Waals surface area contributed by atoms with Gasteiger partial charge in [-0.05, 0) is 12.0 Å². The number of hydrogen-bond donors (Lipinski definition) is 0. The van der Waals surface area contributed by atoms with Crippen molar-refractivity contribution in [3.63, 3.8) is 0 Å². The molecule has 0 spiro atoms. The van der Waals surface area contributed by atoms with Crippen LogP contribution in [0.5, 0.6) is 0 Å². The van der Waals surface area contributed by atoms with Crippen molar-refractivity contribution in [3.05, 3.63) is 42.0 Å². The zero-order valence-corrected chi connectivity index (χ0v) is 9.87. The lowest BCUT2D eigenvalue weighted by atomic mass is 10.2. The fourth-order valence-electron chi connectivity index (χ4n) is 1.36. The van der Waals surface area contributed by atoms with Gasteiger partial charge in [-0.2, -0.15) is 0 Å². The summed E-state index contributed by atoms with van der Waals surface area (Å²) in [6, 6.07) is 9.70. The molecule has 1 rings (SSSR count). The summed E-state index contributed by atoms with van der Waals surface area (Å²) in [4.78, 5) is 0. The van der Waals surface area contributed by atoms with Gasteiger partial charge in [-0.1, -0.05) is 49.4 Å². The zero-order valence-electron chi connectivity index (χ0n) is 9.05. The van der Waals surface area contributed by atoms with E-state index < -0.39 is 9.84 Å². The minimum absolute atomic E-state index is 0.377. The number of rotatable bonds is 4. The molecule has 0 radical (unpaired) electrons. The number of benzene rings is 1. The first-order valence-corrected chi connectivity index (χ1v) is 6.91. The molecule has 0 aliphatic carbocycles. The first-order valence-electron chi connectivity index (χ1n) is 4.96. The zero-order chi connectivity index (χ0) is 11.3. The Morgan fingerprint density at radius 1 is 1.27 bits per heavy atom. The van der Waals surface area contributed by atoms with E-state index in [0.717, 1.165) is 5.56 Å². The van der Waals surface area contributed by atoms with E-state index in [2.05, 4.69) is 0 Å². The van der Waals surface area contributed by atoms with Crippen LogP contribution < -0.4 is 0 Å². The van der Waals surface area contributed by atoms with Gasteiger partial charge in [-0.15, -0.1) is 0 Å². The van der Waals surface area contributed by atoms with Gasteiger partial charge >= 0.3 is 0 Å². The van der Waals surface area contributed by atoms with Crippen LogP contribution in [0.15, 0.2) is 36.4 Å². The van der Waals surface area contributed by atoms with Crippen LogP contribution in [0.25, 0.3) is 6.08 Å². The molecule has 0 aliphatic heterocycles. The fraction of sp³-hybridized carbons (Fsp3) is 0.333. The van der Waals surface area contributed by atoms with Gasteiger partial charge in [-0.3, -0.25) is 0 Å². The van der Waals surface area contributed by atoms with Gasteiger partial charge in [0.05, 0.1) is 5.25 Å². The van der Waals surface area contributed by atoms with Gasteiger partial charge < -0.3 is 0 Å². The smallest absolute Gasteiger partial charge is 0.153 e. The molecule has 0 heterocycles. The summed E-state index contributed by atoms with van der Waals surface area (Å²) < 4.78 is 22.7. The molecular weight excluding hydrogens is 208 g/mol. The largest absolute Gasteiger partial charge is 0.229 e. The normalized spacial score (nSPS) is 14.3. The summed E-state index contributed by atoms with van der Waals surface area (Å²) in [6.45, 7) is 1.88. The van der Waals surface area contributed by atoms with Gasteiger partial charge in [-0.25, -0.2) is 8.42 Å². The van der Waals surface area contributed by atoms with Gasteiger partial charge in [0.25, 0.3) is 0 Å². The van der Waals surface area contributed by atoms with E-state index in [1.807, 2.05) is 43.3 Å². The lowest BCUT2D eigenvalue weighted by Crippen LogP contribution is -2.15. The Balaban J connectivity index is 2.81. The molecule has 0 bridgehead atoms. The van der Waals surface area contributed by atoms with Gasteiger partial charge in [0, 0.05) is 6.26 Å². The molecule has 82 valence electrons. The molecule has 15 heavy (non-hydrogen) atoms. The van der Waals surface area contributed by atoms with Crippen molar-refractivity contribution >= 4 is 15.9 Å². The molecule has 0 N–H and O–H groups in total. The maximum absolute atomic E-state index is 11.3. The molecule has 0 aromatic heterocycles. The Hall–Kier alpha value is -1.09.